The number of aliphatic hydroxyl groups is 2. The van der Waals surface area contributed by atoms with Crippen LogP contribution in [0.4, 0.5) is 13.2 Å². The van der Waals surface area contributed by atoms with E-state index in [1.165, 1.54) is 44.6 Å². The summed E-state index contributed by atoms with van der Waals surface area (Å²) in [6.45, 7) is 0.942. The number of rotatable bonds is 8. The highest BCUT2D eigenvalue weighted by atomic mass is 19.4. The first-order valence-electron chi connectivity index (χ1n) is 9.27. The van der Waals surface area contributed by atoms with Gasteiger partial charge in [0.15, 0.2) is 5.82 Å². The molecule has 0 saturated carbocycles. The lowest BCUT2D eigenvalue weighted by atomic mass is 10.1. The van der Waals surface area contributed by atoms with Crippen LogP contribution in [0.2, 0.25) is 0 Å². The molecular formula is C20H22F3N5O4. The third kappa shape index (κ3) is 6.75. The summed E-state index contributed by atoms with van der Waals surface area (Å²) in [5.74, 6) is -1.04. The number of amides is 1. The highest BCUT2D eigenvalue weighted by Gasteiger charge is 2.31. The monoisotopic (exact) mass is 453 g/mol. The number of aliphatic hydroxyl groups excluding tert-OH is 2. The second-order valence-corrected chi connectivity index (χ2v) is 6.56. The van der Waals surface area contributed by atoms with Crippen LogP contribution in [0.1, 0.15) is 23.2 Å². The number of ether oxygens (including phenoxy) is 1. The van der Waals surface area contributed by atoms with Crippen molar-refractivity contribution in [3.05, 3.63) is 48.1 Å². The number of allylic oxidation sites excluding steroid dienone is 1. The predicted octanol–water partition coefficient (Wildman–Crippen LogP) is 1.51. The third-order valence-electron chi connectivity index (χ3n) is 4.17. The molecule has 1 amide bonds. The van der Waals surface area contributed by atoms with Crippen LogP contribution < -0.4 is 15.8 Å². The Hall–Kier alpha value is -3.51. The van der Waals surface area contributed by atoms with Gasteiger partial charge in [-0.05, 0) is 37.3 Å². The molecule has 1 heterocycles. The van der Waals surface area contributed by atoms with Crippen molar-refractivity contribution in [2.75, 3.05) is 13.7 Å². The van der Waals surface area contributed by atoms with Crippen LogP contribution in [0, 0.1) is 0 Å². The molecule has 2 aromatic rings. The summed E-state index contributed by atoms with van der Waals surface area (Å²) in [7, 11) is 1.50. The van der Waals surface area contributed by atoms with Gasteiger partial charge in [0.2, 0.25) is 0 Å². The van der Waals surface area contributed by atoms with Gasteiger partial charge in [-0.25, -0.2) is 9.97 Å². The maximum atomic E-state index is 12.7. The average Bonchev–Trinajstić information content (AvgIpc) is 2.75. The van der Waals surface area contributed by atoms with Crippen molar-refractivity contribution in [2.24, 2.45) is 10.7 Å². The number of carbonyl (C=O) groups excluding carboxylic acids is 1. The van der Waals surface area contributed by atoms with Crippen molar-refractivity contribution in [3.63, 3.8) is 0 Å². The number of hydrogen-bond donors (Lipinski definition) is 4. The van der Waals surface area contributed by atoms with E-state index in [1.807, 2.05) is 0 Å². The normalized spacial score (nSPS) is 14.3. The first-order valence-corrected chi connectivity index (χ1v) is 9.27. The van der Waals surface area contributed by atoms with Gasteiger partial charge in [0.1, 0.15) is 11.4 Å². The number of carbonyl (C=O) groups is 1. The van der Waals surface area contributed by atoms with E-state index in [9.17, 15) is 23.1 Å². The molecule has 12 heteroatoms. The number of aliphatic imine (C=N–C) groups is 1. The minimum Gasteiger partial charge on any atom is -0.406 e. The van der Waals surface area contributed by atoms with E-state index in [1.54, 1.807) is 0 Å². The Bertz CT molecular complexity index is 994. The molecule has 0 aliphatic rings. The molecule has 32 heavy (non-hydrogen) atoms. The third-order valence-corrected chi connectivity index (χ3v) is 4.17. The van der Waals surface area contributed by atoms with Crippen molar-refractivity contribution in [1.29, 1.82) is 0 Å². The molecule has 2 unspecified atom stereocenters. The minimum absolute atomic E-state index is 0.0479. The lowest BCUT2D eigenvalue weighted by Crippen LogP contribution is -2.43. The number of halogens is 3. The van der Waals surface area contributed by atoms with Gasteiger partial charge in [-0.15, -0.1) is 13.2 Å². The van der Waals surface area contributed by atoms with Crippen molar-refractivity contribution < 1.29 is 32.9 Å². The Morgan fingerprint density at radius 1 is 1.31 bits per heavy atom. The van der Waals surface area contributed by atoms with E-state index < -0.39 is 36.8 Å². The van der Waals surface area contributed by atoms with E-state index in [-0.39, 0.29) is 17.2 Å². The van der Waals surface area contributed by atoms with Crippen LogP contribution in [0.3, 0.4) is 0 Å². The van der Waals surface area contributed by atoms with Gasteiger partial charge in [-0.3, -0.25) is 9.79 Å². The number of nitrogens with zero attached hydrogens (tertiary/aromatic N) is 3. The van der Waals surface area contributed by atoms with Crippen LogP contribution >= 0.6 is 0 Å². The van der Waals surface area contributed by atoms with Crippen molar-refractivity contribution >= 4 is 17.7 Å². The number of alkyl halides is 3. The first-order chi connectivity index (χ1) is 15.1. The Labute approximate surface area is 181 Å². The number of hydrogen-bond acceptors (Lipinski definition) is 8. The largest absolute Gasteiger partial charge is 0.573 e. The van der Waals surface area contributed by atoms with E-state index in [4.69, 9.17) is 10.8 Å². The second kappa shape index (κ2) is 10.7. The zero-order valence-corrected chi connectivity index (χ0v) is 17.2. The summed E-state index contributed by atoms with van der Waals surface area (Å²) in [6, 6.07) is 5.44. The zero-order valence-electron chi connectivity index (χ0n) is 17.2. The molecule has 5 N–H and O–H groups in total. The molecule has 0 radical (unpaired) electrons. The van der Waals surface area contributed by atoms with Gasteiger partial charge < -0.3 is 26.0 Å². The smallest absolute Gasteiger partial charge is 0.406 e. The molecule has 0 bridgehead atoms. The molecule has 1 aromatic heterocycles. The summed E-state index contributed by atoms with van der Waals surface area (Å²) in [5.41, 5.74) is 6.40. The molecule has 9 nitrogen and oxygen atoms in total. The molecule has 2 rings (SSSR count). The summed E-state index contributed by atoms with van der Waals surface area (Å²) >= 11 is 0. The fourth-order valence-electron chi connectivity index (χ4n) is 2.52. The minimum atomic E-state index is -4.83. The Kier molecular flexibility index (Phi) is 8.27. The Balaban J connectivity index is 2.48. The molecular weight excluding hydrogens is 431 g/mol. The van der Waals surface area contributed by atoms with E-state index in [0.717, 1.165) is 12.1 Å². The van der Waals surface area contributed by atoms with Crippen LogP contribution in [0.5, 0.6) is 5.75 Å². The van der Waals surface area contributed by atoms with Gasteiger partial charge in [0, 0.05) is 25.0 Å². The molecule has 0 fully saturated rings. The molecule has 0 saturated heterocycles. The first kappa shape index (κ1) is 24.8. The average molecular weight is 453 g/mol. The van der Waals surface area contributed by atoms with Gasteiger partial charge in [0.05, 0.1) is 30.0 Å². The van der Waals surface area contributed by atoms with Gasteiger partial charge in [-0.1, -0.05) is 0 Å². The molecule has 0 aliphatic carbocycles. The van der Waals surface area contributed by atoms with Crippen LogP contribution in [0.25, 0.3) is 16.8 Å². The Morgan fingerprint density at radius 2 is 1.97 bits per heavy atom. The number of nitrogens with one attached hydrogen (secondary N) is 1. The summed E-state index contributed by atoms with van der Waals surface area (Å²) in [6.07, 6.45) is -3.45. The van der Waals surface area contributed by atoms with Crippen LogP contribution in [0.15, 0.2) is 41.5 Å². The highest BCUT2D eigenvalue weighted by molar-refractivity contribution is 6.08. The summed E-state index contributed by atoms with van der Waals surface area (Å²) < 4.78 is 41.0. The van der Waals surface area contributed by atoms with Crippen LogP contribution in [-0.4, -0.2) is 64.5 Å². The van der Waals surface area contributed by atoms with Crippen molar-refractivity contribution in [3.8, 4) is 17.0 Å². The van der Waals surface area contributed by atoms with E-state index in [0.29, 0.717) is 11.1 Å². The lowest BCUT2D eigenvalue weighted by Gasteiger charge is -2.18. The second-order valence-electron chi connectivity index (χ2n) is 6.56. The maximum Gasteiger partial charge on any atom is 0.573 e. The molecule has 1 aromatic carbocycles. The SMILES string of the molecule is CN=CC(=CN)c1nc(C(=O)NC(C)C(O)CO)cc(-c2ccc(OC(F)(F)F)cc2)n1. The summed E-state index contributed by atoms with van der Waals surface area (Å²) in [4.78, 5) is 25.0. The molecule has 172 valence electrons. The van der Waals surface area contributed by atoms with Crippen molar-refractivity contribution in [2.45, 2.75) is 25.4 Å². The van der Waals surface area contributed by atoms with Gasteiger partial charge in [-0.2, -0.15) is 0 Å². The van der Waals surface area contributed by atoms with Crippen LogP contribution in [-0.2, 0) is 0 Å². The highest BCUT2D eigenvalue weighted by Crippen LogP contribution is 2.26. The summed E-state index contributed by atoms with van der Waals surface area (Å²) in [5, 5.41) is 21.2. The number of benzene rings is 1. The zero-order chi connectivity index (χ0) is 23.9. The standard InChI is InChI=1S/C20H22F3N5O4/c1-11(17(30)10-29)26-19(31)16-7-15(27-18(28-16)13(8-24)9-25-2)12-3-5-14(6-4-12)32-20(21,22)23/h3-9,11,17,29-30H,10,24H2,1-2H3,(H,26,31). The van der Waals surface area contributed by atoms with E-state index in [2.05, 4.69) is 25.0 Å². The Morgan fingerprint density at radius 3 is 2.50 bits per heavy atom. The fourth-order valence-corrected chi connectivity index (χ4v) is 2.52. The van der Waals surface area contributed by atoms with Gasteiger partial charge >= 0.3 is 6.36 Å². The van der Waals surface area contributed by atoms with E-state index >= 15 is 0 Å². The molecule has 0 spiro atoms. The quantitative estimate of drug-likeness (QED) is 0.444. The predicted molar refractivity (Wildman–Crippen MR) is 111 cm³/mol. The number of aromatic nitrogens is 2. The maximum absolute atomic E-state index is 12.7. The topological polar surface area (TPSA) is 143 Å². The fraction of sp³-hybridized carbons (Fsp3) is 0.300. The number of nitrogens with two attached hydrogens (primary N) is 1. The molecule has 2 atom stereocenters. The van der Waals surface area contributed by atoms with Crippen molar-refractivity contribution in [1.82, 2.24) is 15.3 Å². The lowest BCUT2D eigenvalue weighted by molar-refractivity contribution is -0.274. The van der Waals surface area contributed by atoms with Gasteiger partial charge in [0.25, 0.3) is 5.91 Å². The molecule has 0 aliphatic heterocycles.